The molecule has 0 saturated heterocycles. The molecule has 2 aromatic rings. The first kappa shape index (κ1) is 16.5. The Morgan fingerprint density at radius 3 is 2.33 bits per heavy atom. The van der Waals surface area contributed by atoms with Gasteiger partial charge in [0.1, 0.15) is 5.82 Å². The van der Waals surface area contributed by atoms with E-state index in [9.17, 15) is 22.4 Å². The van der Waals surface area contributed by atoms with Gasteiger partial charge in [0.15, 0.2) is 0 Å². The van der Waals surface area contributed by atoms with Gasteiger partial charge in [-0.25, -0.2) is 4.39 Å². The molecule has 0 aromatic heterocycles. The van der Waals surface area contributed by atoms with Gasteiger partial charge in [0, 0.05) is 11.3 Å². The minimum atomic E-state index is -4.49. The fraction of sp³-hybridized carbons (Fsp3) is 0.278. The van der Waals surface area contributed by atoms with Crippen LogP contribution in [0.3, 0.4) is 0 Å². The van der Waals surface area contributed by atoms with E-state index < -0.39 is 28.9 Å². The van der Waals surface area contributed by atoms with Crippen molar-refractivity contribution in [3.8, 4) is 0 Å². The van der Waals surface area contributed by atoms with Crippen LogP contribution in [0, 0.1) is 5.82 Å². The molecular weight excluding hydrogens is 322 g/mol. The smallest absolute Gasteiger partial charge is 0.325 e. The normalized spacial score (nSPS) is 16.3. The quantitative estimate of drug-likeness (QED) is 0.793. The first-order valence-corrected chi connectivity index (χ1v) is 7.57. The Balaban J connectivity index is 1.88. The van der Waals surface area contributed by atoms with Crippen molar-refractivity contribution < 1.29 is 22.4 Å². The van der Waals surface area contributed by atoms with E-state index in [-0.39, 0.29) is 5.69 Å². The third-order valence-electron chi connectivity index (χ3n) is 4.48. The summed E-state index contributed by atoms with van der Waals surface area (Å²) >= 11 is 0. The molecule has 126 valence electrons. The molecule has 0 atom stereocenters. The monoisotopic (exact) mass is 337 g/mol. The van der Waals surface area contributed by atoms with Gasteiger partial charge in [-0.15, -0.1) is 0 Å². The molecule has 1 N–H and O–H groups in total. The largest absolute Gasteiger partial charge is 0.416 e. The molecule has 0 bridgehead atoms. The van der Waals surface area contributed by atoms with Crippen LogP contribution in [0.5, 0.6) is 0 Å². The number of hydrogen-bond donors (Lipinski definition) is 1. The Morgan fingerprint density at radius 2 is 1.75 bits per heavy atom. The van der Waals surface area contributed by atoms with Crippen molar-refractivity contribution in [1.82, 2.24) is 0 Å². The minimum Gasteiger partial charge on any atom is -0.325 e. The first-order chi connectivity index (χ1) is 11.3. The summed E-state index contributed by atoms with van der Waals surface area (Å²) in [5, 5.41) is 2.52. The van der Waals surface area contributed by atoms with E-state index in [1.54, 1.807) is 12.1 Å². The van der Waals surface area contributed by atoms with Crippen LogP contribution in [0.1, 0.15) is 30.4 Å². The Kier molecular flexibility index (Phi) is 4.07. The summed E-state index contributed by atoms with van der Waals surface area (Å²) in [6, 6.07) is 10.5. The zero-order valence-corrected chi connectivity index (χ0v) is 12.7. The second-order valence-electron chi connectivity index (χ2n) is 5.95. The second-order valence-corrected chi connectivity index (χ2v) is 5.95. The zero-order chi connectivity index (χ0) is 17.4. The van der Waals surface area contributed by atoms with Crippen molar-refractivity contribution >= 4 is 11.6 Å². The second kappa shape index (κ2) is 5.92. The number of anilines is 1. The molecule has 1 aliphatic rings. The van der Waals surface area contributed by atoms with E-state index >= 15 is 0 Å². The highest BCUT2D eigenvalue weighted by Crippen LogP contribution is 2.45. The fourth-order valence-corrected chi connectivity index (χ4v) is 3.02. The van der Waals surface area contributed by atoms with Gasteiger partial charge in [0.2, 0.25) is 5.91 Å². The van der Waals surface area contributed by atoms with Crippen LogP contribution < -0.4 is 5.32 Å². The number of benzene rings is 2. The number of alkyl halides is 3. The van der Waals surface area contributed by atoms with Crippen molar-refractivity contribution in [2.24, 2.45) is 0 Å². The van der Waals surface area contributed by atoms with Crippen LogP contribution in [0.15, 0.2) is 48.5 Å². The van der Waals surface area contributed by atoms with E-state index in [0.717, 1.165) is 18.6 Å². The number of nitrogens with one attached hydrogen (secondary N) is 1. The van der Waals surface area contributed by atoms with Crippen LogP contribution in [0.4, 0.5) is 23.2 Å². The van der Waals surface area contributed by atoms with Gasteiger partial charge in [-0.05, 0) is 37.1 Å². The minimum absolute atomic E-state index is 0.0532. The summed E-state index contributed by atoms with van der Waals surface area (Å²) < 4.78 is 52.4. The van der Waals surface area contributed by atoms with Crippen LogP contribution in [-0.4, -0.2) is 5.91 Å². The lowest BCUT2D eigenvalue weighted by molar-refractivity contribution is -0.137. The fourth-order valence-electron chi connectivity index (χ4n) is 3.02. The lowest BCUT2D eigenvalue weighted by Crippen LogP contribution is -2.46. The van der Waals surface area contributed by atoms with E-state index in [4.69, 9.17) is 0 Å². The van der Waals surface area contributed by atoms with Gasteiger partial charge in [0.25, 0.3) is 0 Å². The summed E-state index contributed by atoms with van der Waals surface area (Å²) in [7, 11) is 0. The maximum Gasteiger partial charge on any atom is 0.416 e. The predicted octanol–water partition coefficient (Wildman–Crippen LogP) is 4.90. The molecule has 1 amide bonds. The third kappa shape index (κ3) is 2.88. The Hall–Kier alpha value is -2.37. The van der Waals surface area contributed by atoms with E-state index in [2.05, 4.69) is 5.32 Å². The lowest BCUT2D eigenvalue weighted by Gasteiger charge is -2.40. The molecule has 2 aromatic carbocycles. The lowest BCUT2D eigenvalue weighted by atomic mass is 9.63. The van der Waals surface area contributed by atoms with Crippen LogP contribution >= 0.6 is 0 Å². The summed E-state index contributed by atoms with van der Waals surface area (Å²) in [5.74, 6) is -0.949. The summed E-state index contributed by atoms with van der Waals surface area (Å²) in [6.45, 7) is 0. The molecule has 0 aliphatic heterocycles. The maximum absolute atomic E-state index is 14.1. The molecule has 3 rings (SSSR count). The Morgan fingerprint density at radius 1 is 1.04 bits per heavy atom. The number of hydrogen-bond acceptors (Lipinski definition) is 1. The van der Waals surface area contributed by atoms with Gasteiger partial charge in [-0.1, -0.05) is 30.7 Å². The van der Waals surface area contributed by atoms with Crippen molar-refractivity contribution in [2.75, 3.05) is 5.32 Å². The Labute approximate surface area is 136 Å². The summed E-state index contributed by atoms with van der Waals surface area (Å²) in [6.07, 6.45) is -2.78. The van der Waals surface area contributed by atoms with E-state index in [1.165, 1.54) is 24.3 Å². The first-order valence-electron chi connectivity index (χ1n) is 7.57. The molecule has 0 unspecified atom stereocenters. The predicted molar refractivity (Wildman–Crippen MR) is 82.0 cm³/mol. The van der Waals surface area contributed by atoms with Crippen molar-refractivity contribution in [3.05, 3.63) is 65.5 Å². The number of halogens is 4. The summed E-state index contributed by atoms with van der Waals surface area (Å²) in [5.41, 5.74) is -1.51. The molecule has 24 heavy (non-hydrogen) atoms. The maximum atomic E-state index is 14.1. The average molecular weight is 337 g/mol. The molecule has 1 saturated carbocycles. The van der Waals surface area contributed by atoms with Gasteiger partial charge >= 0.3 is 6.18 Å². The number of carbonyl (C=O) groups excluding carboxylic acids is 1. The van der Waals surface area contributed by atoms with Crippen LogP contribution in [-0.2, 0) is 16.4 Å². The number of carbonyl (C=O) groups is 1. The molecule has 0 heterocycles. The average Bonchev–Trinajstić information content (AvgIpc) is 2.47. The highest BCUT2D eigenvalue weighted by Gasteiger charge is 2.47. The van der Waals surface area contributed by atoms with Gasteiger partial charge in [-0.2, -0.15) is 13.2 Å². The zero-order valence-electron chi connectivity index (χ0n) is 12.7. The third-order valence-corrected chi connectivity index (χ3v) is 4.48. The molecule has 2 nitrogen and oxygen atoms in total. The van der Waals surface area contributed by atoms with Crippen LogP contribution in [0.25, 0.3) is 0 Å². The molecule has 0 spiro atoms. The molecule has 1 fully saturated rings. The van der Waals surface area contributed by atoms with Crippen molar-refractivity contribution in [3.63, 3.8) is 0 Å². The highest BCUT2D eigenvalue weighted by molar-refractivity contribution is 6.00. The van der Waals surface area contributed by atoms with E-state index in [1.807, 2.05) is 0 Å². The standard InChI is InChI=1S/C18H15F4NO/c19-15-8-2-1-7-14(15)17(9-4-10-17)16(24)23-13-6-3-5-12(11-13)18(20,21)22/h1-3,5-8,11H,4,9-10H2,(H,23,24). The van der Waals surface area contributed by atoms with Crippen molar-refractivity contribution in [1.29, 1.82) is 0 Å². The number of amides is 1. The SMILES string of the molecule is O=C(Nc1cccc(C(F)(F)F)c1)C1(c2ccccc2F)CCC1. The van der Waals surface area contributed by atoms with Gasteiger partial charge in [0.05, 0.1) is 11.0 Å². The molecule has 6 heteroatoms. The van der Waals surface area contributed by atoms with Crippen LogP contribution in [0.2, 0.25) is 0 Å². The van der Waals surface area contributed by atoms with E-state index in [0.29, 0.717) is 18.4 Å². The molecular formula is C18H15F4NO. The van der Waals surface area contributed by atoms with Crippen molar-refractivity contribution in [2.45, 2.75) is 30.9 Å². The topological polar surface area (TPSA) is 29.1 Å². The molecule has 0 radical (unpaired) electrons. The van der Waals surface area contributed by atoms with Gasteiger partial charge < -0.3 is 5.32 Å². The Bertz CT molecular complexity index is 766. The molecule has 1 aliphatic carbocycles. The highest BCUT2D eigenvalue weighted by atomic mass is 19.4. The summed E-state index contributed by atoms with van der Waals surface area (Å²) in [4.78, 5) is 12.7. The number of rotatable bonds is 3. The van der Waals surface area contributed by atoms with Gasteiger partial charge in [-0.3, -0.25) is 4.79 Å².